The van der Waals surface area contributed by atoms with E-state index >= 15 is 0 Å². The zero-order chi connectivity index (χ0) is 14.7. The van der Waals surface area contributed by atoms with E-state index in [4.69, 9.17) is 14.7 Å². The van der Waals surface area contributed by atoms with Crippen molar-refractivity contribution in [2.24, 2.45) is 5.16 Å². The van der Waals surface area contributed by atoms with Gasteiger partial charge in [0.15, 0.2) is 0 Å². The number of aliphatic carboxylic acids is 1. The number of benzene rings is 2. The van der Waals surface area contributed by atoms with E-state index in [1.165, 1.54) is 0 Å². The summed E-state index contributed by atoms with van der Waals surface area (Å²) < 4.78 is 5.74. The minimum atomic E-state index is -1.01. The third kappa shape index (κ3) is 3.02. The van der Waals surface area contributed by atoms with Gasteiger partial charge in [-0.3, -0.25) is 0 Å². The highest BCUT2D eigenvalue weighted by atomic mass is 16.7. The molecule has 2 aromatic rings. The molecule has 1 N–H and O–H groups in total. The van der Waals surface area contributed by atoms with Gasteiger partial charge >= 0.3 is 5.97 Å². The van der Waals surface area contributed by atoms with Crippen LogP contribution < -0.4 is 4.74 Å². The average molecular weight is 283 g/mol. The number of carboxylic acid groups (broad SMARTS) is 1. The molecule has 0 aromatic heterocycles. The van der Waals surface area contributed by atoms with Gasteiger partial charge in [0.1, 0.15) is 11.5 Å². The Bertz CT molecular complexity index is 682. The van der Waals surface area contributed by atoms with Gasteiger partial charge in [0.2, 0.25) is 6.10 Å². The molecule has 5 nitrogen and oxygen atoms in total. The SMILES string of the molecule is O=C(O)[C@H]1CC(c2cccc(Oc3ccccc3)c2)=NO1. The minimum absolute atomic E-state index is 0.254. The summed E-state index contributed by atoms with van der Waals surface area (Å²) in [6.07, 6.45) is -0.650. The number of oxime groups is 1. The maximum atomic E-state index is 10.9. The topological polar surface area (TPSA) is 68.1 Å². The van der Waals surface area contributed by atoms with Gasteiger partial charge in [-0.2, -0.15) is 0 Å². The van der Waals surface area contributed by atoms with Gasteiger partial charge in [-0.25, -0.2) is 4.79 Å². The fourth-order valence-corrected chi connectivity index (χ4v) is 2.04. The highest BCUT2D eigenvalue weighted by Gasteiger charge is 2.28. The average Bonchev–Trinajstić information content (AvgIpc) is 2.99. The Morgan fingerprint density at radius 2 is 1.90 bits per heavy atom. The molecule has 0 amide bonds. The molecule has 1 aliphatic heterocycles. The van der Waals surface area contributed by atoms with Crippen LogP contribution in [0.4, 0.5) is 0 Å². The molecule has 0 fully saturated rings. The van der Waals surface area contributed by atoms with E-state index in [-0.39, 0.29) is 6.42 Å². The molecule has 106 valence electrons. The number of hydrogen-bond acceptors (Lipinski definition) is 4. The van der Waals surface area contributed by atoms with Crippen LogP contribution in [0.15, 0.2) is 59.8 Å². The number of ether oxygens (including phenoxy) is 1. The molecule has 21 heavy (non-hydrogen) atoms. The van der Waals surface area contributed by atoms with Crippen LogP contribution in [0.1, 0.15) is 12.0 Å². The van der Waals surface area contributed by atoms with Crippen LogP contribution in [-0.4, -0.2) is 22.9 Å². The van der Waals surface area contributed by atoms with Crippen LogP contribution in [0.25, 0.3) is 0 Å². The van der Waals surface area contributed by atoms with Crippen molar-refractivity contribution < 1.29 is 19.5 Å². The Morgan fingerprint density at radius 1 is 1.14 bits per heavy atom. The van der Waals surface area contributed by atoms with Crippen LogP contribution in [0, 0.1) is 0 Å². The molecule has 2 aromatic carbocycles. The van der Waals surface area contributed by atoms with Gasteiger partial charge < -0.3 is 14.7 Å². The van der Waals surface area contributed by atoms with E-state index < -0.39 is 12.1 Å². The molecule has 0 bridgehead atoms. The van der Waals surface area contributed by atoms with Crippen LogP contribution in [-0.2, 0) is 9.63 Å². The molecule has 0 saturated carbocycles. The van der Waals surface area contributed by atoms with E-state index in [1.807, 2.05) is 54.6 Å². The molecule has 0 aliphatic carbocycles. The molecular formula is C16H13NO4. The lowest BCUT2D eigenvalue weighted by atomic mass is 10.0. The van der Waals surface area contributed by atoms with E-state index in [9.17, 15) is 4.79 Å². The van der Waals surface area contributed by atoms with Crippen molar-refractivity contribution in [1.29, 1.82) is 0 Å². The molecular weight excluding hydrogens is 270 g/mol. The standard InChI is InChI=1S/C16H13NO4/c18-16(19)15-10-14(17-21-15)11-5-4-8-13(9-11)20-12-6-2-1-3-7-12/h1-9,15H,10H2,(H,18,19)/t15-/m1/s1. The van der Waals surface area contributed by atoms with Crippen molar-refractivity contribution in [3.05, 3.63) is 60.2 Å². The predicted octanol–water partition coefficient (Wildman–Crippen LogP) is 3.06. The van der Waals surface area contributed by atoms with Crippen LogP contribution in [0.3, 0.4) is 0 Å². The fraction of sp³-hybridized carbons (Fsp3) is 0.125. The van der Waals surface area contributed by atoms with Crippen LogP contribution in [0.5, 0.6) is 11.5 Å². The van der Waals surface area contributed by atoms with Gasteiger partial charge in [0, 0.05) is 12.0 Å². The summed E-state index contributed by atoms with van der Waals surface area (Å²) in [5.74, 6) is 0.397. The fourth-order valence-electron chi connectivity index (χ4n) is 2.04. The van der Waals surface area contributed by atoms with Crippen LogP contribution in [0.2, 0.25) is 0 Å². The third-order valence-corrected chi connectivity index (χ3v) is 3.09. The maximum Gasteiger partial charge on any atom is 0.348 e. The second-order valence-corrected chi connectivity index (χ2v) is 4.62. The van der Waals surface area contributed by atoms with E-state index in [1.54, 1.807) is 0 Å². The maximum absolute atomic E-state index is 10.9. The van der Waals surface area contributed by atoms with Gasteiger partial charge in [-0.15, -0.1) is 0 Å². The minimum Gasteiger partial charge on any atom is -0.478 e. The van der Waals surface area contributed by atoms with Crippen molar-refractivity contribution in [2.45, 2.75) is 12.5 Å². The smallest absolute Gasteiger partial charge is 0.348 e. The summed E-state index contributed by atoms with van der Waals surface area (Å²) in [4.78, 5) is 15.8. The Balaban J connectivity index is 1.77. The first-order valence-electron chi connectivity index (χ1n) is 6.51. The van der Waals surface area contributed by atoms with Gasteiger partial charge in [0.05, 0.1) is 5.71 Å². The molecule has 5 heteroatoms. The molecule has 1 heterocycles. The van der Waals surface area contributed by atoms with Gasteiger partial charge in [-0.1, -0.05) is 35.5 Å². The molecule has 0 spiro atoms. The molecule has 0 radical (unpaired) electrons. The van der Waals surface area contributed by atoms with Crippen molar-refractivity contribution in [1.82, 2.24) is 0 Å². The zero-order valence-electron chi connectivity index (χ0n) is 11.1. The van der Waals surface area contributed by atoms with Crippen molar-refractivity contribution in [3.63, 3.8) is 0 Å². The van der Waals surface area contributed by atoms with Crippen LogP contribution >= 0.6 is 0 Å². The second-order valence-electron chi connectivity index (χ2n) is 4.62. The first-order valence-corrected chi connectivity index (χ1v) is 6.51. The Kier molecular flexibility index (Phi) is 3.55. The van der Waals surface area contributed by atoms with Crippen molar-refractivity contribution >= 4 is 11.7 Å². The first kappa shape index (κ1) is 13.2. The lowest BCUT2D eigenvalue weighted by molar-refractivity contribution is -0.148. The Hall–Kier alpha value is -2.82. The number of carbonyl (C=O) groups is 1. The zero-order valence-corrected chi connectivity index (χ0v) is 11.1. The lowest BCUT2D eigenvalue weighted by Crippen LogP contribution is -2.19. The first-order chi connectivity index (χ1) is 10.2. The van der Waals surface area contributed by atoms with Crippen molar-refractivity contribution in [3.8, 4) is 11.5 Å². The molecule has 1 aliphatic rings. The lowest BCUT2D eigenvalue weighted by Gasteiger charge is -2.07. The number of para-hydroxylation sites is 1. The molecule has 0 unspecified atom stereocenters. The monoisotopic (exact) mass is 283 g/mol. The second kappa shape index (κ2) is 5.66. The van der Waals surface area contributed by atoms with E-state index in [2.05, 4.69) is 5.16 Å². The molecule has 0 saturated heterocycles. The highest BCUT2D eigenvalue weighted by molar-refractivity contribution is 6.03. The summed E-state index contributed by atoms with van der Waals surface area (Å²) in [5, 5.41) is 12.7. The number of carboxylic acids is 1. The quantitative estimate of drug-likeness (QED) is 0.936. The predicted molar refractivity (Wildman–Crippen MR) is 76.6 cm³/mol. The number of hydrogen-bond donors (Lipinski definition) is 1. The summed E-state index contributed by atoms with van der Waals surface area (Å²) in [6.45, 7) is 0. The number of nitrogens with zero attached hydrogens (tertiary/aromatic N) is 1. The number of rotatable bonds is 4. The molecule has 3 rings (SSSR count). The molecule has 1 atom stereocenters. The van der Waals surface area contributed by atoms with Gasteiger partial charge in [0.25, 0.3) is 0 Å². The van der Waals surface area contributed by atoms with Crippen molar-refractivity contribution in [2.75, 3.05) is 0 Å². The third-order valence-electron chi connectivity index (χ3n) is 3.09. The summed E-state index contributed by atoms with van der Waals surface area (Å²) in [7, 11) is 0. The summed E-state index contributed by atoms with van der Waals surface area (Å²) in [5.41, 5.74) is 1.41. The van der Waals surface area contributed by atoms with Gasteiger partial charge in [-0.05, 0) is 24.3 Å². The van der Waals surface area contributed by atoms with E-state index in [0.717, 1.165) is 11.3 Å². The summed E-state index contributed by atoms with van der Waals surface area (Å²) >= 11 is 0. The largest absolute Gasteiger partial charge is 0.478 e. The normalized spacial score (nSPS) is 17.0. The Morgan fingerprint density at radius 3 is 2.62 bits per heavy atom. The Labute approximate surface area is 121 Å². The van der Waals surface area contributed by atoms with E-state index in [0.29, 0.717) is 11.5 Å². The highest BCUT2D eigenvalue weighted by Crippen LogP contribution is 2.24. The summed E-state index contributed by atoms with van der Waals surface area (Å²) in [6, 6.07) is 16.8.